The lowest BCUT2D eigenvalue weighted by Gasteiger charge is -2.12. The molecule has 0 spiro atoms. The number of hydrogen-bond donors (Lipinski definition) is 1. The Morgan fingerprint density at radius 2 is 1.68 bits per heavy atom. The van der Waals surface area contributed by atoms with E-state index in [0.29, 0.717) is 23.2 Å². The Labute approximate surface area is 181 Å². The highest BCUT2D eigenvalue weighted by Crippen LogP contribution is 2.37. The summed E-state index contributed by atoms with van der Waals surface area (Å²) in [6.07, 6.45) is 1.70. The van der Waals surface area contributed by atoms with E-state index in [1.807, 2.05) is 25.1 Å². The monoisotopic (exact) mass is 436 g/mol. The van der Waals surface area contributed by atoms with Gasteiger partial charge in [-0.3, -0.25) is 4.79 Å². The third-order valence-electron chi connectivity index (χ3n) is 5.14. The molecule has 0 saturated heterocycles. The number of fused-ring (bicyclic) bond motifs is 2. The molecule has 0 saturated carbocycles. The van der Waals surface area contributed by atoms with Crippen LogP contribution in [0.15, 0.2) is 58.3 Å². The zero-order valence-electron chi connectivity index (χ0n) is 17.7. The van der Waals surface area contributed by atoms with E-state index in [1.165, 1.54) is 6.92 Å². The Balaban J connectivity index is 2.11. The summed E-state index contributed by atoms with van der Waals surface area (Å²) in [7, 11) is -3.97. The maximum atomic E-state index is 13.8. The fourth-order valence-electron chi connectivity index (χ4n) is 3.59. The average molecular weight is 437 g/mol. The second-order valence-corrected chi connectivity index (χ2v) is 9.45. The minimum absolute atomic E-state index is 0.0177. The van der Waals surface area contributed by atoms with Crippen LogP contribution in [0.2, 0.25) is 0 Å². The number of para-hydroxylation sites is 2. The molecule has 1 N–H and O–H groups in total. The van der Waals surface area contributed by atoms with Gasteiger partial charge in [-0.2, -0.15) is 0 Å². The van der Waals surface area contributed by atoms with Gasteiger partial charge in [0.2, 0.25) is 15.7 Å². The molecule has 1 amide bonds. The van der Waals surface area contributed by atoms with Crippen molar-refractivity contribution in [3.63, 3.8) is 0 Å². The lowest BCUT2D eigenvalue weighted by atomic mass is 10.2. The number of unbranched alkanes of at least 4 members (excludes halogenated alkanes) is 1. The molecule has 0 radical (unpaired) electrons. The molecule has 8 heteroatoms. The Hall–Kier alpha value is -3.26. The van der Waals surface area contributed by atoms with Crippen molar-refractivity contribution < 1.29 is 13.2 Å². The largest absolute Gasteiger partial charge is 0.311 e. The van der Waals surface area contributed by atoms with Crippen LogP contribution in [0.25, 0.3) is 22.2 Å². The summed E-state index contributed by atoms with van der Waals surface area (Å²) < 4.78 is 29.3. The number of amides is 1. The molecule has 2 heterocycles. The minimum atomic E-state index is -3.97. The van der Waals surface area contributed by atoms with Crippen molar-refractivity contribution in [1.29, 1.82) is 0 Å². The van der Waals surface area contributed by atoms with Crippen molar-refractivity contribution in [3.05, 3.63) is 54.1 Å². The summed E-state index contributed by atoms with van der Waals surface area (Å²) in [5.41, 5.74) is 2.93. The summed E-state index contributed by atoms with van der Waals surface area (Å²) >= 11 is 0. The highest BCUT2D eigenvalue weighted by atomic mass is 32.2. The first-order valence-electron chi connectivity index (χ1n) is 10.2. The van der Waals surface area contributed by atoms with Gasteiger partial charge < -0.3 is 9.88 Å². The van der Waals surface area contributed by atoms with Crippen molar-refractivity contribution >= 4 is 43.8 Å². The Morgan fingerprint density at radius 1 is 1.03 bits per heavy atom. The fourth-order valence-corrected chi connectivity index (χ4v) is 5.12. The number of benzene rings is 2. The molecule has 2 aromatic carbocycles. The lowest BCUT2D eigenvalue weighted by Crippen LogP contribution is -2.15. The van der Waals surface area contributed by atoms with E-state index in [0.717, 1.165) is 18.4 Å². The molecule has 0 aliphatic rings. The van der Waals surface area contributed by atoms with Gasteiger partial charge in [0, 0.05) is 13.5 Å². The first kappa shape index (κ1) is 21.0. The van der Waals surface area contributed by atoms with Gasteiger partial charge in [0.05, 0.1) is 15.9 Å². The maximum absolute atomic E-state index is 13.8. The molecule has 0 bridgehead atoms. The zero-order chi connectivity index (χ0) is 22.2. The van der Waals surface area contributed by atoms with Crippen LogP contribution in [0.5, 0.6) is 0 Å². The van der Waals surface area contributed by atoms with Crippen molar-refractivity contribution in [2.45, 2.75) is 49.9 Å². The highest BCUT2D eigenvalue weighted by molar-refractivity contribution is 7.92. The summed E-state index contributed by atoms with van der Waals surface area (Å²) in [5.74, 6) is -0.141. The number of rotatable bonds is 6. The zero-order valence-corrected chi connectivity index (χ0v) is 18.5. The number of carbonyl (C=O) groups is 1. The van der Waals surface area contributed by atoms with Gasteiger partial charge in [-0.25, -0.2) is 18.4 Å². The molecule has 160 valence electrons. The molecular weight excluding hydrogens is 412 g/mol. The highest BCUT2D eigenvalue weighted by Gasteiger charge is 2.31. The van der Waals surface area contributed by atoms with E-state index in [9.17, 15) is 13.2 Å². The summed E-state index contributed by atoms with van der Waals surface area (Å²) in [6.45, 7) is 5.82. The van der Waals surface area contributed by atoms with Gasteiger partial charge in [0.1, 0.15) is 16.2 Å². The molecule has 0 unspecified atom stereocenters. The molecule has 0 fully saturated rings. The quantitative estimate of drug-likeness (QED) is 0.481. The first-order chi connectivity index (χ1) is 14.8. The number of nitrogens with zero attached hydrogens (tertiary/aromatic N) is 3. The smallest absolute Gasteiger partial charge is 0.222 e. The van der Waals surface area contributed by atoms with E-state index < -0.39 is 9.84 Å². The maximum Gasteiger partial charge on any atom is 0.222 e. The van der Waals surface area contributed by atoms with E-state index in [2.05, 4.69) is 17.2 Å². The van der Waals surface area contributed by atoms with Crippen molar-refractivity contribution in [2.24, 2.45) is 0 Å². The molecule has 2 aromatic heterocycles. The molecule has 31 heavy (non-hydrogen) atoms. The lowest BCUT2D eigenvalue weighted by molar-refractivity contribution is -0.114. The number of carbonyl (C=O) groups excluding carboxylic acids is 1. The van der Waals surface area contributed by atoms with Gasteiger partial charge in [0.15, 0.2) is 5.65 Å². The van der Waals surface area contributed by atoms with E-state index >= 15 is 0 Å². The van der Waals surface area contributed by atoms with Crippen LogP contribution in [-0.4, -0.2) is 28.9 Å². The molecular formula is C23H24N4O3S. The molecule has 0 aliphatic heterocycles. The van der Waals surface area contributed by atoms with Crippen LogP contribution in [0.3, 0.4) is 0 Å². The second kappa shape index (κ2) is 8.11. The van der Waals surface area contributed by atoms with E-state index in [1.54, 1.807) is 34.9 Å². The number of nitrogens with one attached hydrogen (secondary N) is 1. The third kappa shape index (κ3) is 3.79. The Kier molecular flexibility index (Phi) is 5.49. The van der Waals surface area contributed by atoms with Crippen LogP contribution < -0.4 is 5.32 Å². The normalized spacial score (nSPS) is 11.8. The third-order valence-corrected chi connectivity index (χ3v) is 6.95. The topological polar surface area (TPSA) is 94.0 Å². The molecule has 7 nitrogen and oxygen atoms in total. The molecule has 0 atom stereocenters. The number of anilines is 1. The van der Waals surface area contributed by atoms with Crippen LogP contribution in [0, 0.1) is 6.92 Å². The van der Waals surface area contributed by atoms with E-state index in [-0.39, 0.29) is 27.0 Å². The summed E-state index contributed by atoms with van der Waals surface area (Å²) in [4.78, 5) is 21.6. The van der Waals surface area contributed by atoms with Crippen LogP contribution in [0.1, 0.15) is 32.3 Å². The number of aryl methyl sites for hydroxylation is 2. The van der Waals surface area contributed by atoms with E-state index in [4.69, 9.17) is 4.98 Å². The summed E-state index contributed by atoms with van der Waals surface area (Å²) in [5, 5.41) is 2.75. The SMILES string of the molecule is CCCCn1c(NC(C)=O)c(S(=O)(=O)c2ccc(C)cc2)c2nc3ccccc3nc21. The Morgan fingerprint density at radius 3 is 2.29 bits per heavy atom. The van der Waals surface area contributed by atoms with Gasteiger partial charge in [-0.1, -0.05) is 43.2 Å². The fraction of sp³-hybridized carbons (Fsp3) is 0.261. The van der Waals surface area contributed by atoms with Gasteiger partial charge in [0.25, 0.3) is 0 Å². The number of sulfone groups is 1. The van der Waals surface area contributed by atoms with Crippen LogP contribution >= 0.6 is 0 Å². The summed E-state index contributed by atoms with van der Waals surface area (Å²) in [6, 6.07) is 14.0. The van der Waals surface area contributed by atoms with Crippen molar-refractivity contribution in [1.82, 2.24) is 14.5 Å². The minimum Gasteiger partial charge on any atom is -0.311 e. The molecule has 4 aromatic rings. The van der Waals surface area contributed by atoms with Gasteiger partial charge in [-0.15, -0.1) is 0 Å². The second-order valence-electron chi connectivity index (χ2n) is 7.57. The molecule has 0 aliphatic carbocycles. The van der Waals surface area contributed by atoms with Crippen LogP contribution in [-0.2, 0) is 21.2 Å². The first-order valence-corrected chi connectivity index (χ1v) is 11.7. The molecule has 4 rings (SSSR count). The standard InChI is InChI=1S/C23H24N4O3S/c1-4-5-14-27-22-20(25-18-8-6-7-9-19(18)26-22)21(23(27)24-16(3)28)31(29,30)17-12-10-15(2)11-13-17/h6-13H,4-5,14H2,1-3H3,(H,24,28). The van der Waals surface area contributed by atoms with Crippen molar-refractivity contribution in [3.8, 4) is 0 Å². The Bertz CT molecular complexity index is 1390. The van der Waals surface area contributed by atoms with Crippen LogP contribution in [0.4, 0.5) is 5.82 Å². The average Bonchev–Trinajstić information content (AvgIpc) is 3.02. The number of hydrogen-bond acceptors (Lipinski definition) is 5. The van der Waals surface area contributed by atoms with Gasteiger partial charge in [-0.05, 0) is 37.6 Å². The van der Waals surface area contributed by atoms with Gasteiger partial charge >= 0.3 is 0 Å². The van der Waals surface area contributed by atoms with Crippen molar-refractivity contribution in [2.75, 3.05) is 5.32 Å². The predicted octanol–water partition coefficient (Wildman–Crippen LogP) is 4.48. The predicted molar refractivity (Wildman–Crippen MR) is 121 cm³/mol. The number of aromatic nitrogens is 3.